The molecule has 21 heavy (non-hydrogen) atoms. The highest BCUT2D eigenvalue weighted by atomic mass is 16.5. The van der Waals surface area contributed by atoms with Crippen LogP contribution in [0.15, 0.2) is 12.1 Å². The first-order chi connectivity index (χ1) is 11.3. The van der Waals surface area contributed by atoms with Crippen LogP contribution in [-0.4, -0.2) is 37.4 Å². The lowest BCUT2D eigenvalue weighted by atomic mass is 9.65. The minimum atomic E-state index is -2.52. The van der Waals surface area contributed by atoms with E-state index in [1.165, 1.54) is 0 Å². The van der Waals surface area contributed by atoms with E-state index in [0.717, 1.165) is 37.1 Å². The molecule has 112 valence electrons. The fraction of sp³-hybridized carbons (Fsp3) is 0.588. The van der Waals surface area contributed by atoms with E-state index in [9.17, 15) is 4.79 Å². The zero-order valence-electron chi connectivity index (χ0n) is 15.1. The van der Waals surface area contributed by atoms with Crippen molar-refractivity contribution in [1.82, 2.24) is 4.90 Å². The van der Waals surface area contributed by atoms with E-state index < -0.39 is 7.04 Å². The van der Waals surface area contributed by atoms with Crippen LogP contribution in [-0.2, 0) is 16.8 Å². The molecule has 4 rings (SSSR count). The molecule has 0 saturated heterocycles. The first-order valence-corrected chi connectivity index (χ1v) is 7.51. The molecule has 0 radical (unpaired) electrons. The number of Topliss-reactive ketones (excluding diaryl/α,β-unsaturated/α-hetero) is 1. The van der Waals surface area contributed by atoms with Gasteiger partial charge in [-0.2, -0.15) is 0 Å². The normalized spacial score (nSPS) is 33.9. The fourth-order valence-corrected chi connectivity index (χ4v) is 4.26. The Morgan fingerprint density at radius 1 is 1.48 bits per heavy atom. The van der Waals surface area contributed by atoms with E-state index >= 15 is 0 Å². The predicted molar refractivity (Wildman–Crippen MR) is 78.9 cm³/mol. The number of carbonyl (C=O) groups excluding carboxylic acids is 1. The molecule has 2 atom stereocenters. The van der Waals surface area contributed by atoms with Crippen molar-refractivity contribution in [2.24, 2.45) is 0 Å². The third-order valence-electron chi connectivity index (χ3n) is 5.34. The lowest BCUT2D eigenvalue weighted by Crippen LogP contribution is -2.44. The molecule has 1 aromatic carbocycles. The molecule has 0 amide bonds. The van der Waals surface area contributed by atoms with Gasteiger partial charge in [0.2, 0.25) is 0 Å². The Hall–Kier alpha value is -1.55. The maximum Gasteiger partial charge on any atom is 0.165 e. The van der Waals surface area contributed by atoms with Gasteiger partial charge < -0.3 is 14.4 Å². The van der Waals surface area contributed by atoms with Crippen molar-refractivity contribution >= 4 is 5.78 Å². The molecule has 1 spiro atoms. The molecule has 2 aliphatic heterocycles. The minimum Gasteiger partial charge on any atom is -0.493 e. The number of ketones is 1. The van der Waals surface area contributed by atoms with E-state index in [4.69, 9.17) is 13.6 Å². The van der Waals surface area contributed by atoms with Gasteiger partial charge in [0.15, 0.2) is 11.5 Å². The van der Waals surface area contributed by atoms with Crippen LogP contribution in [0.3, 0.4) is 0 Å². The van der Waals surface area contributed by atoms with Crippen molar-refractivity contribution in [2.45, 2.75) is 43.7 Å². The molecule has 3 aliphatic rings. The zero-order valence-corrected chi connectivity index (χ0v) is 12.1. The van der Waals surface area contributed by atoms with Crippen molar-refractivity contribution < 1.29 is 18.4 Å². The van der Waals surface area contributed by atoms with Crippen molar-refractivity contribution in [2.75, 3.05) is 20.6 Å². The average Bonchev–Trinajstić information content (AvgIpc) is 2.74. The quantitative estimate of drug-likeness (QED) is 0.795. The van der Waals surface area contributed by atoms with Crippen molar-refractivity contribution in [3.63, 3.8) is 0 Å². The van der Waals surface area contributed by atoms with Gasteiger partial charge in [-0.05, 0) is 38.1 Å². The van der Waals surface area contributed by atoms with Crippen LogP contribution in [0, 0.1) is 0 Å². The molecule has 4 heteroatoms. The summed E-state index contributed by atoms with van der Waals surface area (Å²) < 4.78 is 33.5. The number of hydrogen-bond acceptors (Lipinski definition) is 4. The van der Waals surface area contributed by atoms with Gasteiger partial charge in [-0.15, -0.1) is 0 Å². The van der Waals surface area contributed by atoms with Gasteiger partial charge in [-0.3, -0.25) is 4.79 Å². The molecule has 1 fully saturated rings. The van der Waals surface area contributed by atoms with Crippen molar-refractivity contribution in [3.05, 3.63) is 23.3 Å². The Balaban J connectivity index is 1.87. The summed E-state index contributed by atoms with van der Waals surface area (Å²) in [5, 5.41) is 0. The van der Waals surface area contributed by atoms with Gasteiger partial charge >= 0.3 is 0 Å². The van der Waals surface area contributed by atoms with Gasteiger partial charge in [0.1, 0.15) is 11.9 Å². The molecular weight excluding hydrogens is 266 g/mol. The molecule has 0 N–H and O–H groups in total. The highest BCUT2D eigenvalue weighted by Crippen LogP contribution is 2.56. The summed E-state index contributed by atoms with van der Waals surface area (Å²) in [6.45, 7) is 1.72. The van der Waals surface area contributed by atoms with Crippen LogP contribution in [0.5, 0.6) is 11.5 Å². The molecule has 4 nitrogen and oxygen atoms in total. The maximum absolute atomic E-state index is 12.0. The van der Waals surface area contributed by atoms with Gasteiger partial charge in [0.25, 0.3) is 0 Å². The number of nitrogens with zero attached hydrogens (tertiary/aromatic N) is 1. The molecule has 0 unspecified atom stereocenters. The Morgan fingerprint density at radius 2 is 2.38 bits per heavy atom. The Kier molecular flexibility index (Phi) is 2.18. The second kappa shape index (κ2) is 4.47. The number of rotatable bonds is 1. The molecule has 1 saturated carbocycles. The monoisotopic (exact) mass is 290 g/mol. The van der Waals surface area contributed by atoms with Gasteiger partial charge in [0, 0.05) is 30.4 Å². The third-order valence-corrected chi connectivity index (χ3v) is 5.34. The smallest absolute Gasteiger partial charge is 0.165 e. The lowest BCUT2D eigenvalue weighted by molar-refractivity contribution is -0.124. The number of carbonyl (C=O) groups is 1. The Labute approximate surface area is 129 Å². The van der Waals surface area contributed by atoms with E-state index in [2.05, 4.69) is 11.9 Å². The van der Waals surface area contributed by atoms with Crippen LogP contribution in [0.25, 0.3) is 0 Å². The Morgan fingerprint density at radius 3 is 3.24 bits per heavy atom. The first-order valence-electron chi connectivity index (χ1n) is 9.01. The molecule has 2 heterocycles. The summed E-state index contributed by atoms with van der Waals surface area (Å²) in [7, 11) is -0.437. The zero-order chi connectivity index (χ0) is 17.1. The fourth-order valence-electron chi connectivity index (χ4n) is 4.26. The molecular formula is C17H21NO3. The summed E-state index contributed by atoms with van der Waals surface area (Å²) in [5.41, 5.74) is 2.03. The number of ether oxygens (including phenoxy) is 2. The number of hydrogen-bond donors (Lipinski definition) is 0. The summed E-state index contributed by atoms with van der Waals surface area (Å²) in [5.74, 6) is 1.02. The number of methoxy groups -OCH3 is 1. The molecule has 1 aliphatic carbocycles. The maximum atomic E-state index is 12.0. The van der Waals surface area contributed by atoms with Crippen LogP contribution in [0.2, 0.25) is 0 Å². The van der Waals surface area contributed by atoms with E-state index in [1.54, 1.807) is 6.07 Å². The molecule has 0 aromatic heterocycles. The standard InChI is InChI=1S/C17H21NO3/c1-18-8-7-17-6-5-12(19)9-14(17)21-16-13(20-2)4-3-11(10-18)15(16)17/h3-4,14H,5-10H2,1-2H3/t14-,17-/m0/s1/i2D3. The first kappa shape index (κ1) is 10.2. The van der Waals surface area contributed by atoms with Crippen LogP contribution in [0.1, 0.15) is 40.9 Å². The largest absolute Gasteiger partial charge is 0.493 e. The lowest BCUT2D eigenvalue weighted by Gasteiger charge is -2.37. The van der Waals surface area contributed by atoms with E-state index in [1.807, 2.05) is 6.07 Å². The predicted octanol–water partition coefficient (Wildman–Crippen LogP) is 2.28. The SMILES string of the molecule is [2H]C([2H])([2H])Oc1ccc2c3c1O[C@H]1CC(=O)CC[C@@]31CCN(C)C2. The topological polar surface area (TPSA) is 38.8 Å². The second-order valence-electron chi connectivity index (χ2n) is 6.52. The Bertz CT molecular complexity index is 703. The highest BCUT2D eigenvalue weighted by Gasteiger charge is 2.54. The summed E-state index contributed by atoms with van der Waals surface area (Å²) in [6.07, 6.45) is 2.43. The van der Waals surface area contributed by atoms with Crippen LogP contribution < -0.4 is 9.47 Å². The average molecular weight is 290 g/mol. The van der Waals surface area contributed by atoms with Crippen molar-refractivity contribution in [1.29, 1.82) is 0 Å². The van der Waals surface area contributed by atoms with Crippen molar-refractivity contribution in [3.8, 4) is 11.5 Å². The minimum absolute atomic E-state index is 0.197. The van der Waals surface area contributed by atoms with E-state index in [0.29, 0.717) is 18.6 Å². The van der Waals surface area contributed by atoms with Crippen LogP contribution >= 0.6 is 0 Å². The molecule has 1 aromatic rings. The van der Waals surface area contributed by atoms with Gasteiger partial charge in [0.05, 0.1) is 11.2 Å². The van der Waals surface area contributed by atoms with E-state index in [-0.39, 0.29) is 23.1 Å². The number of benzene rings is 1. The van der Waals surface area contributed by atoms with Gasteiger partial charge in [-0.25, -0.2) is 0 Å². The summed E-state index contributed by atoms with van der Waals surface area (Å²) >= 11 is 0. The second-order valence-corrected chi connectivity index (χ2v) is 6.52. The molecule has 0 bridgehead atoms. The highest BCUT2D eigenvalue weighted by molar-refractivity contribution is 5.81. The van der Waals surface area contributed by atoms with Crippen LogP contribution in [0.4, 0.5) is 0 Å². The van der Waals surface area contributed by atoms with Gasteiger partial charge in [-0.1, -0.05) is 6.07 Å². The summed E-state index contributed by atoms with van der Waals surface area (Å²) in [6, 6.07) is 3.64. The summed E-state index contributed by atoms with van der Waals surface area (Å²) in [4.78, 5) is 14.2. The third kappa shape index (κ3) is 1.75.